The zero-order valence-electron chi connectivity index (χ0n) is 8.06. The molecule has 0 unspecified atom stereocenters. The lowest BCUT2D eigenvalue weighted by molar-refractivity contribution is 0.115. The molecule has 0 aromatic carbocycles. The molecule has 2 aliphatic rings. The Bertz CT molecular complexity index is 178. The van der Waals surface area contributed by atoms with Gasteiger partial charge in [-0.2, -0.15) is 23.5 Å². The second-order valence-corrected chi connectivity index (χ2v) is 6.14. The lowest BCUT2D eigenvalue weighted by Crippen LogP contribution is -2.37. The number of aliphatic hydroxyl groups excluding tert-OH is 1. The van der Waals surface area contributed by atoms with Gasteiger partial charge in [0.25, 0.3) is 0 Å². The highest BCUT2D eigenvalue weighted by molar-refractivity contribution is 8.03. The zero-order chi connectivity index (χ0) is 9.97. The molecular formula is C9H16FNOS2. The molecule has 82 valence electrons. The first-order valence-corrected chi connectivity index (χ1v) is 7.30. The van der Waals surface area contributed by atoms with E-state index < -0.39 is 12.3 Å². The summed E-state index contributed by atoms with van der Waals surface area (Å²) < 4.78 is 13.1. The van der Waals surface area contributed by atoms with E-state index in [4.69, 9.17) is 0 Å². The Kier molecular flexibility index (Phi) is 3.99. The van der Waals surface area contributed by atoms with Gasteiger partial charge in [0.15, 0.2) is 0 Å². The van der Waals surface area contributed by atoms with E-state index in [1.807, 2.05) is 23.5 Å². The Morgan fingerprint density at radius 2 is 1.79 bits per heavy atom. The lowest BCUT2D eigenvalue weighted by Gasteiger charge is -2.25. The van der Waals surface area contributed by atoms with Crippen molar-refractivity contribution in [2.75, 3.05) is 36.1 Å². The van der Waals surface area contributed by atoms with Crippen molar-refractivity contribution in [3.63, 3.8) is 0 Å². The van der Waals surface area contributed by atoms with Gasteiger partial charge in [-0.3, -0.25) is 4.90 Å². The van der Waals surface area contributed by atoms with E-state index in [0.29, 0.717) is 19.1 Å². The minimum atomic E-state index is -1.03. The molecule has 1 N–H and O–H groups in total. The molecule has 0 spiro atoms. The molecule has 0 amide bonds. The largest absolute Gasteiger partial charge is 0.389 e. The molecular weight excluding hydrogens is 221 g/mol. The van der Waals surface area contributed by atoms with Crippen molar-refractivity contribution in [1.82, 2.24) is 4.90 Å². The summed E-state index contributed by atoms with van der Waals surface area (Å²) in [5.41, 5.74) is 0. The standard InChI is InChI=1S/C9H16FNOS2/c10-8-3-11(4-9(8)12)7-5-13-1-2-14-6-7/h7-9,12H,1-6H2/t8-,9-/m1/s1. The number of likely N-dealkylation sites (tertiary alicyclic amines) is 1. The topological polar surface area (TPSA) is 23.5 Å². The van der Waals surface area contributed by atoms with E-state index >= 15 is 0 Å². The third-order valence-corrected chi connectivity index (χ3v) is 5.24. The monoisotopic (exact) mass is 237 g/mol. The van der Waals surface area contributed by atoms with Gasteiger partial charge in [-0.15, -0.1) is 0 Å². The van der Waals surface area contributed by atoms with Crippen LogP contribution in [0.2, 0.25) is 0 Å². The summed E-state index contributed by atoms with van der Waals surface area (Å²) in [4.78, 5) is 2.11. The number of rotatable bonds is 1. The summed E-state index contributed by atoms with van der Waals surface area (Å²) in [6.07, 6.45) is -1.79. The van der Waals surface area contributed by atoms with Crippen LogP contribution in [0.15, 0.2) is 0 Å². The molecule has 2 atom stereocenters. The quantitative estimate of drug-likeness (QED) is 0.730. The van der Waals surface area contributed by atoms with Crippen LogP contribution < -0.4 is 0 Å². The Morgan fingerprint density at radius 3 is 2.29 bits per heavy atom. The van der Waals surface area contributed by atoms with Gasteiger partial charge < -0.3 is 5.11 Å². The smallest absolute Gasteiger partial charge is 0.140 e. The van der Waals surface area contributed by atoms with Crippen molar-refractivity contribution in [3.8, 4) is 0 Å². The van der Waals surface area contributed by atoms with Gasteiger partial charge in [0.05, 0.1) is 6.10 Å². The molecule has 2 fully saturated rings. The fourth-order valence-corrected chi connectivity index (χ4v) is 4.52. The molecule has 2 heterocycles. The van der Waals surface area contributed by atoms with E-state index in [2.05, 4.69) is 4.90 Å². The molecule has 0 bridgehead atoms. The van der Waals surface area contributed by atoms with Crippen LogP contribution in [0.1, 0.15) is 0 Å². The molecule has 0 saturated carbocycles. The van der Waals surface area contributed by atoms with E-state index in [9.17, 15) is 9.50 Å². The first kappa shape index (κ1) is 11.0. The van der Waals surface area contributed by atoms with Crippen LogP contribution >= 0.6 is 23.5 Å². The zero-order valence-corrected chi connectivity index (χ0v) is 9.70. The van der Waals surface area contributed by atoms with Gasteiger partial charge in [-0.25, -0.2) is 4.39 Å². The molecule has 2 aliphatic heterocycles. The predicted octanol–water partition coefficient (Wildman–Crippen LogP) is 0.850. The second kappa shape index (κ2) is 5.05. The van der Waals surface area contributed by atoms with Gasteiger partial charge in [0, 0.05) is 42.1 Å². The fraction of sp³-hybridized carbons (Fsp3) is 1.00. The normalized spacial score (nSPS) is 37.3. The van der Waals surface area contributed by atoms with Crippen LogP contribution in [-0.4, -0.2) is 64.4 Å². The maximum atomic E-state index is 13.1. The molecule has 14 heavy (non-hydrogen) atoms. The number of aliphatic hydroxyl groups is 1. The minimum absolute atomic E-state index is 0.424. The first-order chi connectivity index (χ1) is 6.77. The van der Waals surface area contributed by atoms with Crippen molar-refractivity contribution in [3.05, 3.63) is 0 Å². The summed E-state index contributed by atoms with van der Waals surface area (Å²) in [6.45, 7) is 0.944. The maximum absolute atomic E-state index is 13.1. The van der Waals surface area contributed by atoms with Crippen LogP contribution in [0.3, 0.4) is 0 Å². The number of β-amino-alcohol motifs (C(OH)–C–C–N with tert-alkyl or cyclic N) is 1. The van der Waals surface area contributed by atoms with E-state index in [-0.39, 0.29) is 0 Å². The van der Waals surface area contributed by atoms with Gasteiger partial charge in [0.2, 0.25) is 0 Å². The van der Waals surface area contributed by atoms with Crippen molar-refractivity contribution in [2.24, 2.45) is 0 Å². The second-order valence-electron chi connectivity index (χ2n) is 3.84. The van der Waals surface area contributed by atoms with Gasteiger partial charge >= 0.3 is 0 Å². The molecule has 0 aromatic rings. The third-order valence-electron chi connectivity index (χ3n) is 2.76. The minimum Gasteiger partial charge on any atom is -0.389 e. The highest BCUT2D eigenvalue weighted by Crippen LogP contribution is 2.24. The van der Waals surface area contributed by atoms with Crippen LogP contribution in [0.4, 0.5) is 4.39 Å². The average Bonchev–Trinajstić information content (AvgIpc) is 2.46. The molecule has 5 heteroatoms. The number of halogens is 1. The van der Waals surface area contributed by atoms with Gasteiger partial charge in [-0.1, -0.05) is 0 Å². The molecule has 0 aromatic heterocycles. The molecule has 0 radical (unpaired) electrons. The van der Waals surface area contributed by atoms with Gasteiger partial charge in [-0.05, 0) is 0 Å². The summed E-state index contributed by atoms with van der Waals surface area (Å²) in [7, 11) is 0. The Labute approximate surface area is 92.6 Å². The number of alkyl halides is 1. The third kappa shape index (κ3) is 2.56. The van der Waals surface area contributed by atoms with Crippen molar-refractivity contribution in [2.45, 2.75) is 18.3 Å². The van der Waals surface area contributed by atoms with Gasteiger partial charge in [0.1, 0.15) is 6.17 Å². The summed E-state index contributed by atoms with van der Waals surface area (Å²) in [6, 6.07) is 0.461. The van der Waals surface area contributed by atoms with Crippen LogP contribution in [0, 0.1) is 0 Å². The lowest BCUT2D eigenvalue weighted by atomic mass is 10.3. The molecule has 2 saturated heterocycles. The SMILES string of the molecule is O[C@@H]1CN(C2CSCCSC2)C[C@H]1F. The van der Waals surface area contributed by atoms with E-state index in [0.717, 1.165) is 11.5 Å². The Hall–Kier alpha value is 0.550. The number of hydrogen-bond donors (Lipinski definition) is 1. The first-order valence-electron chi connectivity index (χ1n) is 4.99. The van der Waals surface area contributed by atoms with Crippen molar-refractivity contribution in [1.29, 1.82) is 0 Å². The molecule has 2 nitrogen and oxygen atoms in total. The number of hydrogen-bond acceptors (Lipinski definition) is 4. The van der Waals surface area contributed by atoms with E-state index in [1.54, 1.807) is 0 Å². The predicted molar refractivity (Wildman–Crippen MR) is 60.9 cm³/mol. The Balaban J connectivity index is 1.88. The van der Waals surface area contributed by atoms with E-state index in [1.165, 1.54) is 11.5 Å². The Morgan fingerprint density at radius 1 is 1.14 bits per heavy atom. The van der Waals surface area contributed by atoms with Crippen LogP contribution in [0.25, 0.3) is 0 Å². The maximum Gasteiger partial charge on any atom is 0.140 e. The molecule has 2 rings (SSSR count). The fourth-order valence-electron chi connectivity index (χ4n) is 1.89. The molecule has 0 aliphatic carbocycles. The number of thioether (sulfide) groups is 2. The van der Waals surface area contributed by atoms with Crippen LogP contribution in [0.5, 0.6) is 0 Å². The summed E-state index contributed by atoms with van der Waals surface area (Å²) in [5, 5.41) is 9.34. The van der Waals surface area contributed by atoms with Crippen molar-refractivity contribution >= 4 is 23.5 Å². The number of nitrogens with zero attached hydrogens (tertiary/aromatic N) is 1. The highest BCUT2D eigenvalue weighted by atomic mass is 32.2. The highest BCUT2D eigenvalue weighted by Gasteiger charge is 2.35. The average molecular weight is 237 g/mol. The van der Waals surface area contributed by atoms with Crippen LogP contribution in [-0.2, 0) is 0 Å². The van der Waals surface area contributed by atoms with Crippen molar-refractivity contribution < 1.29 is 9.50 Å². The summed E-state index contributed by atoms with van der Waals surface area (Å²) >= 11 is 3.89. The summed E-state index contributed by atoms with van der Waals surface area (Å²) in [5.74, 6) is 4.59.